The van der Waals surface area contributed by atoms with Crippen molar-refractivity contribution in [3.05, 3.63) is 63.3 Å². The number of nitrogens with zero attached hydrogens (tertiary/aromatic N) is 2. The lowest BCUT2D eigenvalue weighted by Gasteiger charge is -2.13. The number of aryl methyl sites for hydroxylation is 1. The molecule has 0 saturated carbocycles. The first-order valence-electron chi connectivity index (χ1n) is 9.24. The quantitative estimate of drug-likeness (QED) is 0.515. The summed E-state index contributed by atoms with van der Waals surface area (Å²) >= 11 is 6.75. The van der Waals surface area contributed by atoms with Crippen LogP contribution < -0.4 is 5.32 Å². The Morgan fingerprint density at radius 3 is 2.74 bits per heavy atom. The molecule has 1 aromatic heterocycles. The smallest absolute Gasteiger partial charge is 0.339 e. The highest BCUT2D eigenvalue weighted by Gasteiger charge is 2.36. The highest BCUT2D eigenvalue weighted by Crippen LogP contribution is 2.32. The molecule has 10 heteroatoms. The third-order valence-corrected chi connectivity index (χ3v) is 5.35. The van der Waals surface area contributed by atoms with Crippen LogP contribution in [0, 0.1) is 6.92 Å². The van der Waals surface area contributed by atoms with Crippen molar-refractivity contribution in [2.75, 3.05) is 18.5 Å². The minimum atomic E-state index is -0.621. The summed E-state index contributed by atoms with van der Waals surface area (Å²) < 4.78 is 4.92. The van der Waals surface area contributed by atoms with Gasteiger partial charge in [0.1, 0.15) is 6.54 Å². The van der Waals surface area contributed by atoms with Gasteiger partial charge in [0, 0.05) is 11.4 Å². The van der Waals surface area contributed by atoms with Crippen LogP contribution in [0.2, 0.25) is 5.02 Å². The monoisotopic (exact) mass is 459 g/mol. The van der Waals surface area contributed by atoms with Crippen molar-refractivity contribution in [1.29, 1.82) is 0 Å². The number of ether oxygens (including phenoxy) is 1. The molecule has 0 atom stereocenters. The molecule has 0 radical (unpaired) electrons. The molecule has 0 bridgehead atoms. The molecule has 3 rings (SSSR count). The first kappa shape index (κ1) is 22.5. The number of pyridine rings is 1. The molecule has 1 N–H and O–H groups in total. The van der Waals surface area contributed by atoms with Gasteiger partial charge in [-0.2, -0.15) is 0 Å². The summed E-state index contributed by atoms with van der Waals surface area (Å²) in [6.45, 7) is 3.19. The van der Waals surface area contributed by atoms with E-state index in [2.05, 4.69) is 10.3 Å². The Kier molecular flexibility index (Phi) is 7.09. The zero-order valence-electron chi connectivity index (χ0n) is 16.7. The molecule has 0 aliphatic carbocycles. The number of halogens is 1. The van der Waals surface area contributed by atoms with Gasteiger partial charge in [0.25, 0.3) is 11.1 Å². The standard InChI is InChI=1S/C21H18ClN3O5S/c1-3-30-20(28)15-9-14(7-8-16(15)22)24-18(26)11-25-19(27)17(31-21(25)29)10-13-6-4-5-12(2)23-13/h4-10H,3,11H2,1-2H3,(H,24,26)/b17-10+. The van der Waals surface area contributed by atoms with E-state index in [1.165, 1.54) is 24.3 Å². The molecule has 0 spiro atoms. The van der Waals surface area contributed by atoms with Gasteiger partial charge < -0.3 is 10.1 Å². The van der Waals surface area contributed by atoms with Gasteiger partial charge in [-0.3, -0.25) is 24.3 Å². The fourth-order valence-electron chi connectivity index (χ4n) is 2.73. The van der Waals surface area contributed by atoms with E-state index < -0.39 is 29.6 Å². The zero-order chi connectivity index (χ0) is 22.5. The van der Waals surface area contributed by atoms with Crippen LogP contribution in [0.25, 0.3) is 6.08 Å². The summed E-state index contributed by atoms with van der Waals surface area (Å²) in [7, 11) is 0. The Hall–Kier alpha value is -3.17. The number of nitrogens with one attached hydrogen (secondary N) is 1. The summed E-state index contributed by atoms with van der Waals surface area (Å²) in [4.78, 5) is 54.5. The van der Waals surface area contributed by atoms with Crippen molar-refractivity contribution < 1.29 is 23.9 Å². The molecular formula is C21H18ClN3O5S. The van der Waals surface area contributed by atoms with E-state index in [1.54, 1.807) is 19.1 Å². The van der Waals surface area contributed by atoms with Crippen LogP contribution in [0.4, 0.5) is 10.5 Å². The predicted molar refractivity (Wildman–Crippen MR) is 118 cm³/mol. The second-order valence-electron chi connectivity index (χ2n) is 6.43. The number of thioether (sulfide) groups is 1. The summed E-state index contributed by atoms with van der Waals surface area (Å²) in [5.41, 5.74) is 1.70. The Morgan fingerprint density at radius 2 is 2.03 bits per heavy atom. The lowest BCUT2D eigenvalue weighted by Crippen LogP contribution is -2.36. The molecule has 1 aliphatic heterocycles. The maximum absolute atomic E-state index is 12.6. The van der Waals surface area contributed by atoms with E-state index >= 15 is 0 Å². The van der Waals surface area contributed by atoms with E-state index in [-0.39, 0.29) is 27.8 Å². The van der Waals surface area contributed by atoms with E-state index in [0.29, 0.717) is 5.69 Å². The van der Waals surface area contributed by atoms with Crippen molar-refractivity contribution in [2.24, 2.45) is 0 Å². The molecule has 31 heavy (non-hydrogen) atoms. The van der Waals surface area contributed by atoms with Gasteiger partial charge in [-0.1, -0.05) is 17.7 Å². The highest BCUT2D eigenvalue weighted by atomic mass is 35.5. The number of anilines is 1. The largest absolute Gasteiger partial charge is 0.462 e. The van der Waals surface area contributed by atoms with E-state index in [9.17, 15) is 19.2 Å². The van der Waals surface area contributed by atoms with Crippen LogP contribution in [0.3, 0.4) is 0 Å². The molecule has 160 valence electrons. The van der Waals surface area contributed by atoms with Gasteiger partial charge in [0.05, 0.1) is 27.8 Å². The number of carbonyl (C=O) groups excluding carboxylic acids is 4. The van der Waals surface area contributed by atoms with Crippen LogP contribution in [0.5, 0.6) is 0 Å². The lowest BCUT2D eigenvalue weighted by atomic mass is 10.2. The molecule has 0 unspecified atom stereocenters. The number of imide groups is 1. The molecule has 2 aromatic rings. The number of esters is 1. The van der Waals surface area contributed by atoms with Gasteiger partial charge in [0.15, 0.2) is 0 Å². The van der Waals surface area contributed by atoms with Crippen LogP contribution in [0.1, 0.15) is 28.7 Å². The second kappa shape index (κ2) is 9.76. The average Bonchev–Trinajstić information content (AvgIpc) is 2.97. The Labute approximate surface area is 187 Å². The number of hydrogen-bond acceptors (Lipinski definition) is 7. The number of hydrogen-bond donors (Lipinski definition) is 1. The van der Waals surface area contributed by atoms with Crippen LogP contribution >= 0.6 is 23.4 Å². The molecule has 1 saturated heterocycles. The Bertz CT molecular complexity index is 1100. The molecule has 8 nitrogen and oxygen atoms in total. The molecule has 1 fully saturated rings. The lowest BCUT2D eigenvalue weighted by molar-refractivity contribution is -0.127. The molecule has 2 heterocycles. The molecule has 3 amide bonds. The van der Waals surface area contributed by atoms with Crippen LogP contribution in [-0.2, 0) is 14.3 Å². The summed E-state index contributed by atoms with van der Waals surface area (Å²) in [5, 5.41) is 2.18. The minimum Gasteiger partial charge on any atom is -0.462 e. The van der Waals surface area contributed by atoms with Gasteiger partial charge in [0.2, 0.25) is 5.91 Å². The Balaban J connectivity index is 1.69. The van der Waals surface area contributed by atoms with Gasteiger partial charge >= 0.3 is 5.97 Å². The van der Waals surface area contributed by atoms with Crippen LogP contribution in [0.15, 0.2) is 41.3 Å². The summed E-state index contributed by atoms with van der Waals surface area (Å²) in [5.74, 6) is -1.80. The summed E-state index contributed by atoms with van der Waals surface area (Å²) in [6.07, 6.45) is 1.51. The third kappa shape index (κ3) is 5.50. The van der Waals surface area contributed by atoms with Crippen molar-refractivity contribution >= 4 is 58.1 Å². The fourth-order valence-corrected chi connectivity index (χ4v) is 3.75. The number of aromatic nitrogens is 1. The SMILES string of the molecule is CCOC(=O)c1cc(NC(=O)CN2C(=O)S/C(=C/c3cccc(C)n3)C2=O)ccc1Cl. The van der Waals surface area contributed by atoms with Crippen LogP contribution in [-0.4, -0.2) is 46.1 Å². The number of amides is 3. The van der Waals surface area contributed by atoms with E-state index in [1.807, 2.05) is 13.0 Å². The predicted octanol–water partition coefficient (Wildman–Crippen LogP) is 3.90. The van der Waals surface area contributed by atoms with Crippen molar-refractivity contribution in [2.45, 2.75) is 13.8 Å². The maximum atomic E-state index is 12.6. The normalized spacial score (nSPS) is 14.8. The van der Waals surface area contributed by atoms with Crippen molar-refractivity contribution in [1.82, 2.24) is 9.88 Å². The Morgan fingerprint density at radius 1 is 1.26 bits per heavy atom. The number of rotatable bonds is 6. The highest BCUT2D eigenvalue weighted by molar-refractivity contribution is 8.18. The van der Waals surface area contributed by atoms with Crippen molar-refractivity contribution in [3.63, 3.8) is 0 Å². The van der Waals surface area contributed by atoms with E-state index in [0.717, 1.165) is 22.4 Å². The average molecular weight is 460 g/mol. The minimum absolute atomic E-state index is 0.0982. The molecular weight excluding hydrogens is 442 g/mol. The third-order valence-electron chi connectivity index (χ3n) is 4.11. The van der Waals surface area contributed by atoms with Crippen molar-refractivity contribution in [3.8, 4) is 0 Å². The number of carbonyl (C=O) groups is 4. The van der Waals surface area contributed by atoms with Gasteiger partial charge in [-0.25, -0.2) is 4.79 Å². The summed E-state index contributed by atoms with van der Waals surface area (Å²) in [6, 6.07) is 9.64. The number of benzene rings is 1. The second-order valence-corrected chi connectivity index (χ2v) is 7.84. The molecule has 1 aliphatic rings. The first-order chi connectivity index (χ1) is 14.8. The molecule has 1 aromatic carbocycles. The van der Waals surface area contributed by atoms with Gasteiger partial charge in [-0.15, -0.1) is 0 Å². The topological polar surface area (TPSA) is 106 Å². The maximum Gasteiger partial charge on any atom is 0.339 e. The first-order valence-corrected chi connectivity index (χ1v) is 10.4. The van der Waals surface area contributed by atoms with E-state index in [4.69, 9.17) is 16.3 Å². The van der Waals surface area contributed by atoms with Gasteiger partial charge in [-0.05, 0) is 62.0 Å². The zero-order valence-corrected chi connectivity index (χ0v) is 18.2. The fraction of sp³-hybridized carbons (Fsp3) is 0.190.